The molecule has 0 aliphatic rings. The second kappa shape index (κ2) is 73.3. The predicted molar refractivity (Wildman–Crippen MR) is 370 cm³/mol. The molecule has 0 bridgehead atoms. The van der Waals surface area contributed by atoms with Gasteiger partial charge in [0.15, 0.2) is 0 Å². The normalized spacial score (nSPS) is 12.8. The lowest BCUT2D eigenvalue weighted by atomic mass is 10.0. The van der Waals surface area contributed by atoms with Gasteiger partial charge in [-0.05, 0) is 89.9 Å². The highest BCUT2D eigenvalue weighted by atomic mass is 16.5. The number of carbonyl (C=O) groups is 2. The van der Waals surface area contributed by atoms with Crippen molar-refractivity contribution in [2.24, 2.45) is 0 Å². The van der Waals surface area contributed by atoms with Gasteiger partial charge in [0.25, 0.3) is 0 Å². The van der Waals surface area contributed by atoms with E-state index in [0.29, 0.717) is 19.4 Å². The van der Waals surface area contributed by atoms with Crippen LogP contribution < -0.4 is 5.32 Å². The fourth-order valence-electron chi connectivity index (χ4n) is 11.8. The highest BCUT2D eigenvalue weighted by molar-refractivity contribution is 5.76. The van der Waals surface area contributed by atoms with Crippen molar-refractivity contribution in [2.45, 2.75) is 424 Å². The van der Waals surface area contributed by atoms with E-state index in [4.69, 9.17) is 4.74 Å². The van der Waals surface area contributed by atoms with Gasteiger partial charge in [-0.3, -0.25) is 9.59 Å². The predicted octanol–water partition coefficient (Wildman–Crippen LogP) is 24.8. The van der Waals surface area contributed by atoms with Crippen LogP contribution in [0, 0.1) is 0 Å². The van der Waals surface area contributed by atoms with Crippen LogP contribution in [0.5, 0.6) is 0 Å². The molecular formula is C78H147NO5. The largest absolute Gasteiger partial charge is 0.466 e. The standard InChI is InChI=1S/C78H147NO5/c1-3-5-7-9-11-13-15-17-19-20-21-22-30-33-36-39-43-46-50-54-58-62-66-70-76(81)75(74-80)79-77(82)71-67-63-59-55-51-47-44-40-37-34-31-28-26-24-23-25-27-29-32-35-38-41-45-49-53-57-61-65-69-73-84-78(83)72-68-64-60-56-52-48-42-18-16-14-12-10-8-6-4-2/h18,23,25,29,32,42,66,70,75-76,80-81H,3-17,19-22,24,26-28,30-31,33-41,43-65,67-69,71-74H2,1-2H3,(H,79,82)/b25-23-,32-29-,42-18-,70-66+. The van der Waals surface area contributed by atoms with E-state index >= 15 is 0 Å². The molecule has 0 aliphatic heterocycles. The SMILES string of the molecule is CCCCCCCC/C=C\CCCCCCCC(=O)OCCCCCCCCCCC/C=C\C/C=C\CCCCCCCCCCCCCCCC(=O)NC(CO)C(O)/C=C/CCCCCCCCCCCCCCCCCCCCCCC. The first-order valence-electron chi connectivity index (χ1n) is 37.9. The van der Waals surface area contributed by atoms with Crippen LogP contribution in [0.1, 0.15) is 412 Å². The lowest BCUT2D eigenvalue weighted by molar-refractivity contribution is -0.143. The molecule has 0 aromatic carbocycles. The van der Waals surface area contributed by atoms with Gasteiger partial charge < -0.3 is 20.3 Å². The van der Waals surface area contributed by atoms with Crippen LogP contribution in [-0.2, 0) is 14.3 Å². The third kappa shape index (κ3) is 68.9. The molecule has 0 saturated heterocycles. The second-order valence-electron chi connectivity index (χ2n) is 26.0. The zero-order valence-electron chi connectivity index (χ0n) is 56.6. The monoisotopic (exact) mass is 1180 g/mol. The average molecular weight is 1180 g/mol. The van der Waals surface area contributed by atoms with Gasteiger partial charge in [-0.15, -0.1) is 0 Å². The Labute approximate surface area is 525 Å². The van der Waals surface area contributed by atoms with Crippen LogP contribution in [0.3, 0.4) is 0 Å². The number of ether oxygens (including phenoxy) is 1. The maximum absolute atomic E-state index is 12.5. The Kier molecular flexibility index (Phi) is 71.4. The Morgan fingerprint density at radius 1 is 0.333 bits per heavy atom. The second-order valence-corrected chi connectivity index (χ2v) is 26.0. The maximum Gasteiger partial charge on any atom is 0.305 e. The topological polar surface area (TPSA) is 95.9 Å². The van der Waals surface area contributed by atoms with Gasteiger partial charge in [0, 0.05) is 12.8 Å². The van der Waals surface area contributed by atoms with Crippen molar-refractivity contribution >= 4 is 11.9 Å². The Bertz CT molecular complexity index is 1400. The summed E-state index contributed by atoms with van der Waals surface area (Å²) >= 11 is 0. The van der Waals surface area contributed by atoms with Crippen LogP contribution in [0.4, 0.5) is 0 Å². The number of hydrogen-bond donors (Lipinski definition) is 3. The third-order valence-corrected chi connectivity index (χ3v) is 17.6. The van der Waals surface area contributed by atoms with Crippen molar-refractivity contribution in [3.63, 3.8) is 0 Å². The number of hydrogen-bond acceptors (Lipinski definition) is 5. The number of carbonyl (C=O) groups excluding carboxylic acids is 2. The van der Waals surface area contributed by atoms with Gasteiger partial charge in [0.2, 0.25) is 5.91 Å². The summed E-state index contributed by atoms with van der Waals surface area (Å²) < 4.78 is 5.49. The molecule has 3 N–H and O–H groups in total. The molecule has 0 aromatic rings. The molecule has 2 unspecified atom stereocenters. The first kappa shape index (κ1) is 81.8. The van der Waals surface area contributed by atoms with Crippen LogP contribution in [0.15, 0.2) is 48.6 Å². The van der Waals surface area contributed by atoms with Gasteiger partial charge in [0.1, 0.15) is 0 Å². The smallest absolute Gasteiger partial charge is 0.305 e. The lowest BCUT2D eigenvalue weighted by Gasteiger charge is -2.20. The Hall–Kier alpha value is -2.18. The van der Waals surface area contributed by atoms with Crippen molar-refractivity contribution in [1.82, 2.24) is 5.32 Å². The minimum atomic E-state index is -0.847. The maximum atomic E-state index is 12.5. The summed E-state index contributed by atoms with van der Waals surface area (Å²) in [7, 11) is 0. The summed E-state index contributed by atoms with van der Waals surface area (Å²) in [6.07, 6.45) is 96.4. The first-order valence-corrected chi connectivity index (χ1v) is 37.9. The van der Waals surface area contributed by atoms with E-state index in [0.717, 1.165) is 51.4 Å². The molecule has 0 fully saturated rings. The van der Waals surface area contributed by atoms with Crippen molar-refractivity contribution in [1.29, 1.82) is 0 Å². The fourth-order valence-corrected chi connectivity index (χ4v) is 11.8. The van der Waals surface area contributed by atoms with Crippen molar-refractivity contribution < 1.29 is 24.5 Å². The molecule has 494 valence electrons. The zero-order valence-corrected chi connectivity index (χ0v) is 56.6. The molecule has 0 aromatic heterocycles. The highest BCUT2D eigenvalue weighted by Gasteiger charge is 2.18. The van der Waals surface area contributed by atoms with Crippen molar-refractivity contribution in [3.8, 4) is 0 Å². The molecule has 0 radical (unpaired) electrons. The van der Waals surface area contributed by atoms with Gasteiger partial charge >= 0.3 is 5.97 Å². The number of unbranched alkanes of at least 4 members (excludes halogenated alkanes) is 54. The minimum absolute atomic E-state index is 0.00413. The summed E-state index contributed by atoms with van der Waals surface area (Å²) in [6.45, 7) is 4.93. The number of esters is 1. The van der Waals surface area contributed by atoms with Crippen LogP contribution in [0.2, 0.25) is 0 Å². The van der Waals surface area contributed by atoms with Crippen molar-refractivity contribution in [2.75, 3.05) is 13.2 Å². The summed E-state index contributed by atoms with van der Waals surface area (Å²) in [5.74, 6) is -0.0610. The third-order valence-electron chi connectivity index (χ3n) is 17.6. The van der Waals surface area contributed by atoms with E-state index in [1.165, 1.54) is 334 Å². The number of allylic oxidation sites excluding steroid dienone is 7. The Morgan fingerprint density at radius 2 is 0.595 bits per heavy atom. The van der Waals surface area contributed by atoms with E-state index in [9.17, 15) is 19.8 Å². The van der Waals surface area contributed by atoms with E-state index in [2.05, 4.69) is 55.6 Å². The van der Waals surface area contributed by atoms with Crippen LogP contribution >= 0.6 is 0 Å². The van der Waals surface area contributed by atoms with Gasteiger partial charge in [-0.25, -0.2) is 0 Å². The molecular weight excluding hydrogens is 1030 g/mol. The molecule has 2 atom stereocenters. The fraction of sp³-hybridized carbons (Fsp3) is 0.872. The molecule has 0 saturated carbocycles. The number of amides is 1. The van der Waals surface area contributed by atoms with Crippen LogP contribution in [0.25, 0.3) is 0 Å². The summed E-state index contributed by atoms with van der Waals surface area (Å²) in [5.41, 5.74) is 0. The number of rotatable bonds is 71. The van der Waals surface area contributed by atoms with E-state index < -0.39 is 12.1 Å². The molecule has 1 amide bonds. The molecule has 0 heterocycles. The molecule has 6 nitrogen and oxygen atoms in total. The van der Waals surface area contributed by atoms with E-state index in [1.54, 1.807) is 6.08 Å². The first-order chi connectivity index (χ1) is 41.5. The Morgan fingerprint density at radius 3 is 0.917 bits per heavy atom. The molecule has 6 heteroatoms. The summed E-state index contributed by atoms with van der Waals surface area (Å²) in [6, 6.07) is -0.631. The zero-order chi connectivity index (χ0) is 60.6. The quantitative estimate of drug-likeness (QED) is 0.0320. The highest BCUT2D eigenvalue weighted by Crippen LogP contribution is 2.19. The Balaban J connectivity index is 3.43. The van der Waals surface area contributed by atoms with Crippen LogP contribution in [-0.4, -0.2) is 47.4 Å². The average Bonchev–Trinajstić information content (AvgIpc) is 3.51. The van der Waals surface area contributed by atoms with Gasteiger partial charge in [-0.1, -0.05) is 358 Å². The molecule has 0 aliphatic carbocycles. The lowest BCUT2D eigenvalue weighted by Crippen LogP contribution is -2.45. The number of aliphatic hydroxyl groups excluding tert-OH is 2. The minimum Gasteiger partial charge on any atom is -0.466 e. The molecule has 0 spiro atoms. The molecule has 84 heavy (non-hydrogen) atoms. The number of nitrogens with one attached hydrogen (secondary N) is 1. The van der Waals surface area contributed by atoms with E-state index in [-0.39, 0.29) is 18.5 Å². The van der Waals surface area contributed by atoms with Gasteiger partial charge in [-0.2, -0.15) is 0 Å². The summed E-state index contributed by atoms with van der Waals surface area (Å²) in [4.78, 5) is 24.6. The van der Waals surface area contributed by atoms with Gasteiger partial charge in [0.05, 0.1) is 25.4 Å². The number of aliphatic hydroxyl groups is 2. The summed E-state index contributed by atoms with van der Waals surface area (Å²) in [5, 5.41) is 23.3. The molecule has 0 rings (SSSR count). The van der Waals surface area contributed by atoms with Crippen molar-refractivity contribution in [3.05, 3.63) is 48.6 Å². The van der Waals surface area contributed by atoms with E-state index in [1.807, 2.05) is 6.08 Å².